The predicted octanol–water partition coefficient (Wildman–Crippen LogP) is -3.15. The molecule has 0 aromatic heterocycles. The Bertz CT molecular complexity index is 628. The fraction of sp³-hybridized carbons (Fsp3) is 0.667. The lowest BCUT2D eigenvalue weighted by Crippen LogP contribution is -2.74. The Kier molecular flexibility index (Phi) is 6.67. The maximum Gasteiger partial charge on any atom is 0.227 e. The van der Waals surface area contributed by atoms with E-state index in [1.54, 1.807) is 30.3 Å². The van der Waals surface area contributed by atoms with Gasteiger partial charge in [-0.15, -0.1) is 0 Å². The molecule has 2 aliphatic rings. The third kappa shape index (κ3) is 3.81. The maximum absolute atomic E-state index is 10.7. The van der Waals surface area contributed by atoms with E-state index < -0.39 is 67.8 Å². The van der Waals surface area contributed by atoms with E-state index in [1.165, 1.54) is 0 Å². The van der Waals surface area contributed by atoms with Crippen molar-refractivity contribution in [2.24, 2.45) is 0 Å². The minimum atomic E-state index is -2.23. The van der Waals surface area contributed by atoms with Gasteiger partial charge in [-0.1, -0.05) is 30.3 Å². The van der Waals surface area contributed by atoms with Gasteiger partial charge in [0.25, 0.3) is 0 Å². The molecule has 1 aromatic rings. The minimum Gasteiger partial charge on any atom is -0.394 e. The Balaban J connectivity index is 1.95. The van der Waals surface area contributed by atoms with Gasteiger partial charge in [0.15, 0.2) is 0 Å². The second-order valence-corrected chi connectivity index (χ2v) is 7.06. The third-order valence-corrected chi connectivity index (χ3v) is 5.19. The first-order valence-electron chi connectivity index (χ1n) is 8.98. The summed E-state index contributed by atoms with van der Waals surface area (Å²) in [6, 6.07) is 8.76. The molecular formula is C18H26O10. The maximum atomic E-state index is 10.7. The van der Waals surface area contributed by atoms with Gasteiger partial charge >= 0.3 is 0 Å². The van der Waals surface area contributed by atoms with Crippen LogP contribution in [0.15, 0.2) is 30.3 Å². The van der Waals surface area contributed by atoms with Crippen LogP contribution < -0.4 is 0 Å². The van der Waals surface area contributed by atoms with Crippen molar-refractivity contribution in [3.8, 4) is 0 Å². The summed E-state index contributed by atoms with van der Waals surface area (Å²) in [6.07, 6.45) is -12.9. The molecule has 0 saturated carbocycles. The van der Waals surface area contributed by atoms with Crippen LogP contribution in [0, 0.1) is 0 Å². The van der Waals surface area contributed by atoms with Crippen molar-refractivity contribution in [3.63, 3.8) is 0 Å². The normalized spacial score (nSPS) is 44.4. The van der Waals surface area contributed by atoms with E-state index in [0.29, 0.717) is 5.56 Å². The van der Waals surface area contributed by atoms with E-state index >= 15 is 0 Å². The van der Waals surface area contributed by atoms with Crippen molar-refractivity contribution >= 4 is 0 Å². The molecular weight excluding hydrogens is 376 g/mol. The van der Waals surface area contributed by atoms with Crippen molar-refractivity contribution in [1.82, 2.24) is 0 Å². The van der Waals surface area contributed by atoms with Gasteiger partial charge in [0, 0.05) is 0 Å². The summed E-state index contributed by atoms with van der Waals surface area (Å²) in [5.41, 5.74) is 0.671. The van der Waals surface area contributed by atoms with E-state index in [0.717, 1.165) is 0 Å². The lowest BCUT2D eigenvalue weighted by atomic mass is 9.84. The second-order valence-electron chi connectivity index (χ2n) is 7.06. The molecule has 10 heteroatoms. The zero-order chi connectivity index (χ0) is 20.5. The van der Waals surface area contributed by atoms with Crippen LogP contribution >= 0.6 is 0 Å². The van der Waals surface area contributed by atoms with Gasteiger partial charge < -0.3 is 50.0 Å². The first-order valence-corrected chi connectivity index (χ1v) is 8.98. The van der Waals surface area contributed by atoms with E-state index in [4.69, 9.17) is 14.2 Å². The lowest BCUT2D eigenvalue weighted by molar-refractivity contribution is -0.414. The zero-order valence-electron chi connectivity index (χ0n) is 15.0. The van der Waals surface area contributed by atoms with Gasteiger partial charge in [-0.05, 0) is 5.56 Å². The summed E-state index contributed by atoms with van der Waals surface area (Å²) >= 11 is 0. The third-order valence-electron chi connectivity index (χ3n) is 5.19. The number of ether oxygens (including phenoxy) is 3. The lowest BCUT2D eigenvalue weighted by Gasteiger charge is -2.53. The van der Waals surface area contributed by atoms with Gasteiger partial charge in [0.2, 0.25) is 5.79 Å². The van der Waals surface area contributed by atoms with Crippen LogP contribution in [-0.4, -0.2) is 104 Å². The van der Waals surface area contributed by atoms with Gasteiger partial charge in [-0.25, -0.2) is 0 Å². The first kappa shape index (κ1) is 21.5. The van der Waals surface area contributed by atoms with Crippen LogP contribution in [0.1, 0.15) is 5.56 Å². The Hall–Kier alpha value is -1.18. The first-order chi connectivity index (χ1) is 13.3. The Labute approximate surface area is 161 Å². The molecule has 2 fully saturated rings. The molecule has 2 aliphatic heterocycles. The number of rotatable bonds is 5. The highest BCUT2D eigenvalue weighted by atomic mass is 16.7. The minimum absolute atomic E-state index is 0.135. The Morgan fingerprint density at radius 2 is 1.61 bits per heavy atom. The molecule has 158 valence electrons. The number of hydrogen-bond donors (Lipinski definition) is 7. The van der Waals surface area contributed by atoms with Crippen LogP contribution in [0.4, 0.5) is 0 Å². The average molecular weight is 402 g/mol. The van der Waals surface area contributed by atoms with E-state index in [2.05, 4.69) is 0 Å². The van der Waals surface area contributed by atoms with Crippen molar-refractivity contribution < 1.29 is 50.0 Å². The van der Waals surface area contributed by atoms with Crippen LogP contribution in [0.3, 0.4) is 0 Å². The highest BCUT2D eigenvalue weighted by Crippen LogP contribution is 2.39. The van der Waals surface area contributed by atoms with Gasteiger partial charge in [0.05, 0.1) is 19.8 Å². The standard InChI is InChI=1S/C18H26O10/c19-6-11-13(22)14(23)16(25)18(28-11,27-7-9-4-2-1-3-5-9)17-15(24)12(21)10(20)8-26-17/h1-5,10-17,19-25H,6-8H2/t10-,11-,12+,13-,14+,15-,16-,17-,18+/m1/s1. The molecule has 28 heavy (non-hydrogen) atoms. The smallest absolute Gasteiger partial charge is 0.227 e. The summed E-state index contributed by atoms with van der Waals surface area (Å²) in [5, 5.41) is 70.7. The molecule has 10 nitrogen and oxygen atoms in total. The van der Waals surface area contributed by atoms with Crippen LogP contribution in [0.2, 0.25) is 0 Å². The molecule has 9 atom stereocenters. The van der Waals surface area contributed by atoms with E-state index in [9.17, 15) is 35.7 Å². The molecule has 0 bridgehead atoms. The summed E-state index contributed by atoms with van der Waals surface area (Å²) in [6.45, 7) is -1.24. The van der Waals surface area contributed by atoms with Crippen LogP contribution in [0.25, 0.3) is 0 Å². The van der Waals surface area contributed by atoms with Gasteiger partial charge in [-0.3, -0.25) is 0 Å². The van der Waals surface area contributed by atoms with Crippen LogP contribution in [0.5, 0.6) is 0 Å². The zero-order valence-corrected chi connectivity index (χ0v) is 15.0. The SMILES string of the molecule is OC[C@H]1O[C@](OCc2ccccc2)([C@@H]2OC[C@@H](O)[C@H](O)[C@H]2O)[C@H](O)[C@@H](O)[C@@H]1O. The summed E-state index contributed by atoms with van der Waals surface area (Å²) in [5.74, 6) is -2.23. The highest BCUT2D eigenvalue weighted by Gasteiger charge is 2.62. The van der Waals surface area contributed by atoms with Gasteiger partial charge in [-0.2, -0.15) is 0 Å². The summed E-state index contributed by atoms with van der Waals surface area (Å²) in [7, 11) is 0. The number of aliphatic hydroxyl groups excluding tert-OH is 7. The largest absolute Gasteiger partial charge is 0.394 e. The summed E-state index contributed by atoms with van der Waals surface area (Å²) < 4.78 is 16.8. The van der Waals surface area contributed by atoms with Gasteiger partial charge in [0.1, 0.15) is 48.8 Å². The Morgan fingerprint density at radius 3 is 2.25 bits per heavy atom. The predicted molar refractivity (Wildman–Crippen MR) is 91.7 cm³/mol. The monoisotopic (exact) mass is 402 g/mol. The molecule has 7 N–H and O–H groups in total. The molecule has 0 spiro atoms. The molecule has 1 aromatic carbocycles. The molecule has 0 amide bonds. The highest BCUT2D eigenvalue weighted by molar-refractivity contribution is 5.14. The molecule has 0 radical (unpaired) electrons. The molecule has 2 heterocycles. The number of hydrogen-bond acceptors (Lipinski definition) is 10. The average Bonchev–Trinajstić information content (AvgIpc) is 2.71. The topological polar surface area (TPSA) is 169 Å². The fourth-order valence-electron chi connectivity index (χ4n) is 3.53. The molecule has 2 saturated heterocycles. The quantitative estimate of drug-likeness (QED) is 0.267. The van der Waals surface area contributed by atoms with E-state index in [1.807, 2.05) is 0 Å². The van der Waals surface area contributed by atoms with Crippen LogP contribution in [-0.2, 0) is 20.8 Å². The Morgan fingerprint density at radius 1 is 0.929 bits per heavy atom. The van der Waals surface area contributed by atoms with Crippen molar-refractivity contribution in [2.75, 3.05) is 13.2 Å². The second kappa shape index (κ2) is 8.67. The van der Waals surface area contributed by atoms with E-state index in [-0.39, 0.29) is 6.61 Å². The number of benzene rings is 1. The number of aliphatic hydroxyl groups is 7. The molecule has 0 unspecified atom stereocenters. The van der Waals surface area contributed by atoms with Crippen molar-refractivity contribution in [2.45, 2.75) is 61.2 Å². The molecule has 0 aliphatic carbocycles. The van der Waals surface area contributed by atoms with Crippen molar-refractivity contribution in [1.29, 1.82) is 0 Å². The molecule has 3 rings (SSSR count). The van der Waals surface area contributed by atoms with Crippen molar-refractivity contribution in [3.05, 3.63) is 35.9 Å². The summed E-state index contributed by atoms with van der Waals surface area (Å²) in [4.78, 5) is 0. The fourth-order valence-corrected chi connectivity index (χ4v) is 3.53.